The first-order valence-corrected chi connectivity index (χ1v) is 5.83. The molecule has 16 heavy (non-hydrogen) atoms. The number of halogens is 1. The van der Waals surface area contributed by atoms with Crippen LogP contribution in [0.4, 0.5) is 0 Å². The van der Waals surface area contributed by atoms with Crippen LogP contribution >= 0.6 is 11.6 Å². The second-order valence-corrected chi connectivity index (χ2v) is 4.41. The van der Waals surface area contributed by atoms with E-state index in [-0.39, 0.29) is 6.23 Å². The molecular formula is C11H12ClN3O. The van der Waals surface area contributed by atoms with Gasteiger partial charge in [0.1, 0.15) is 0 Å². The lowest BCUT2D eigenvalue weighted by Crippen LogP contribution is -2.19. The van der Waals surface area contributed by atoms with E-state index in [0.29, 0.717) is 5.02 Å². The van der Waals surface area contributed by atoms with Gasteiger partial charge >= 0.3 is 0 Å². The molecule has 2 aromatic heterocycles. The van der Waals surface area contributed by atoms with Gasteiger partial charge in [0.15, 0.2) is 11.9 Å². The number of fused-ring (bicyclic) bond motifs is 1. The highest BCUT2D eigenvalue weighted by Crippen LogP contribution is 2.25. The molecule has 0 amide bonds. The molecule has 1 fully saturated rings. The monoisotopic (exact) mass is 237 g/mol. The van der Waals surface area contributed by atoms with Crippen molar-refractivity contribution in [1.82, 2.24) is 14.8 Å². The number of rotatable bonds is 1. The minimum Gasteiger partial charge on any atom is -0.356 e. The van der Waals surface area contributed by atoms with Gasteiger partial charge in [0.05, 0.1) is 11.2 Å². The minimum atomic E-state index is 0.0277. The van der Waals surface area contributed by atoms with E-state index in [1.54, 1.807) is 12.4 Å². The Hall–Kier alpha value is -1.13. The maximum absolute atomic E-state index is 5.88. The van der Waals surface area contributed by atoms with E-state index in [4.69, 9.17) is 16.3 Å². The van der Waals surface area contributed by atoms with Crippen LogP contribution in [0.15, 0.2) is 18.5 Å². The maximum Gasteiger partial charge on any atom is 0.160 e. The summed E-state index contributed by atoms with van der Waals surface area (Å²) in [5.41, 5.74) is 0.844. The quantitative estimate of drug-likeness (QED) is 0.766. The van der Waals surface area contributed by atoms with Gasteiger partial charge in [0.25, 0.3) is 0 Å². The fraction of sp³-hybridized carbons (Fsp3) is 0.455. The van der Waals surface area contributed by atoms with Crippen molar-refractivity contribution in [3.63, 3.8) is 0 Å². The third-order valence-electron chi connectivity index (χ3n) is 2.83. The molecule has 5 heteroatoms. The van der Waals surface area contributed by atoms with Crippen LogP contribution in [-0.4, -0.2) is 21.4 Å². The molecular weight excluding hydrogens is 226 g/mol. The van der Waals surface area contributed by atoms with E-state index in [9.17, 15) is 0 Å². The zero-order valence-corrected chi connectivity index (χ0v) is 9.52. The van der Waals surface area contributed by atoms with Crippen LogP contribution in [0, 0.1) is 0 Å². The summed E-state index contributed by atoms with van der Waals surface area (Å²) >= 11 is 5.88. The van der Waals surface area contributed by atoms with Gasteiger partial charge in [-0.3, -0.25) is 0 Å². The van der Waals surface area contributed by atoms with Crippen LogP contribution in [0.5, 0.6) is 0 Å². The van der Waals surface area contributed by atoms with Crippen LogP contribution in [0.1, 0.15) is 25.5 Å². The van der Waals surface area contributed by atoms with Crippen LogP contribution < -0.4 is 0 Å². The molecule has 0 saturated carbocycles. The Morgan fingerprint density at radius 1 is 1.38 bits per heavy atom. The van der Waals surface area contributed by atoms with Gasteiger partial charge in [-0.1, -0.05) is 11.6 Å². The Bertz CT molecular complexity index is 505. The van der Waals surface area contributed by atoms with Crippen molar-refractivity contribution in [2.45, 2.75) is 25.5 Å². The van der Waals surface area contributed by atoms with Gasteiger partial charge < -0.3 is 4.74 Å². The molecule has 0 radical (unpaired) electrons. The van der Waals surface area contributed by atoms with Gasteiger partial charge in [0, 0.05) is 18.2 Å². The van der Waals surface area contributed by atoms with Crippen molar-refractivity contribution in [1.29, 1.82) is 0 Å². The summed E-state index contributed by atoms with van der Waals surface area (Å²) in [6.07, 6.45) is 6.77. The summed E-state index contributed by atoms with van der Waals surface area (Å²) in [5.74, 6) is 0. The predicted molar refractivity (Wildman–Crippen MR) is 61.4 cm³/mol. The molecule has 0 spiro atoms. The molecule has 1 atom stereocenters. The maximum atomic E-state index is 5.88. The highest BCUT2D eigenvalue weighted by Gasteiger charge is 2.18. The zero-order valence-electron chi connectivity index (χ0n) is 8.77. The molecule has 2 aromatic rings. The van der Waals surface area contributed by atoms with Crippen molar-refractivity contribution in [2.24, 2.45) is 0 Å². The van der Waals surface area contributed by atoms with E-state index >= 15 is 0 Å². The first kappa shape index (κ1) is 10.1. The van der Waals surface area contributed by atoms with Crippen LogP contribution in [0.25, 0.3) is 11.0 Å². The molecule has 0 aromatic carbocycles. The third kappa shape index (κ3) is 1.68. The molecule has 4 nitrogen and oxygen atoms in total. The summed E-state index contributed by atoms with van der Waals surface area (Å²) in [7, 11) is 0. The van der Waals surface area contributed by atoms with Crippen LogP contribution in [0.3, 0.4) is 0 Å². The van der Waals surface area contributed by atoms with Gasteiger partial charge in [0.2, 0.25) is 0 Å². The van der Waals surface area contributed by atoms with Gasteiger partial charge in [-0.15, -0.1) is 0 Å². The SMILES string of the molecule is Clc1cnc2c(cnn2C2CCCCO2)c1. The Balaban J connectivity index is 2.03. The van der Waals surface area contributed by atoms with E-state index in [0.717, 1.165) is 30.5 Å². The Labute approximate surface area is 98.2 Å². The standard InChI is InChI=1S/C11H12ClN3O/c12-9-5-8-6-14-15(11(8)13-7-9)10-3-1-2-4-16-10/h5-7,10H,1-4H2. The molecule has 3 heterocycles. The molecule has 0 N–H and O–H groups in total. The fourth-order valence-electron chi connectivity index (χ4n) is 2.04. The van der Waals surface area contributed by atoms with Crippen LogP contribution in [-0.2, 0) is 4.74 Å². The normalized spacial score (nSPS) is 21.4. The largest absolute Gasteiger partial charge is 0.356 e. The molecule has 3 rings (SSSR count). The first-order valence-electron chi connectivity index (χ1n) is 5.45. The number of aromatic nitrogens is 3. The van der Waals surface area contributed by atoms with Gasteiger partial charge in [-0.05, 0) is 25.3 Å². The Morgan fingerprint density at radius 3 is 3.12 bits per heavy atom. The summed E-state index contributed by atoms with van der Waals surface area (Å²) in [5, 5.41) is 5.93. The number of nitrogens with zero attached hydrogens (tertiary/aromatic N) is 3. The smallest absolute Gasteiger partial charge is 0.160 e. The predicted octanol–water partition coefficient (Wildman–Crippen LogP) is 2.78. The second-order valence-electron chi connectivity index (χ2n) is 3.98. The molecule has 0 bridgehead atoms. The van der Waals surface area contributed by atoms with Crippen LogP contribution in [0.2, 0.25) is 5.02 Å². The average molecular weight is 238 g/mol. The lowest BCUT2D eigenvalue weighted by atomic mass is 10.2. The van der Waals surface area contributed by atoms with Gasteiger partial charge in [-0.25, -0.2) is 9.67 Å². The summed E-state index contributed by atoms with van der Waals surface area (Å²) in [4.78, 5) is 4.30. The highest BCUT2D eigenvalue weighted by atomic mass is 35.5. The molecule has 0 aliphatic carbocycles. The number of hydrogen-bond donors (Lipinski definition) is 0. The highest BCUT2D eigenvalue weighted by molar-refractivity contribution is 6.31. The van der Waals surface area contributed by atoms with E-state index in [1.807, 2.05) is 10.7 Å². The minimum absolute atomic E-state index is 0.0277. The molecule has 1 aliphatic rings. The van der Waals surface area contributed by atoms with E-state index in [2.05, 4.69) is 10.1 Å². The summed E-state index contributed by atoms with van der Waals surface area (Å²) < 4.78 is 7.54. The second kappa shape index (κ2) is 4.03. The van der Waals surface area contributed by atoms with Crippen molar-refractivity contribution in [2.75, 3.05) is 6.61 Å². The van der Waals surface area contributed by atoms with Crippen molar-refractivity contribution in [3.05, 3.63) is 23.5 Å². The first-order chi connectivity index (χ1) is 7.84. The zero-order chi connectivity index (χ0) is 11.0. The molecule has 1 unspecified atom stereocenters. The number of pyridine rings is 1. The average Bonchev–Trinajstić information content (AvgIpc) is 2.73. The molecule has 84 valence electrons. The molecule has 1 saturated heterocycles. The van der Waals surface area contributed by atoms with E-state index in [1.165, 1.54) is 6.42 Å². The molecule has 1 aliphatic heterocycles. The Morgan fingerprint density at radius 2 is 2.31 bits per heavy atom. The summed E-state index contributed by atoms with van der Waals surface area (Å²) in [6.45, 7) is 0.805. The van der Waals surface area contributed by atoms with Crippen molar-refractivity contribution < 1.29 is 4.74 Å². The van der Waals surface area contributed by atoms with Crippen molar-refractivity contribution in [3.8, 4) is 0 Å². The fourth-order valence-corrected chi connectivity index (χ4v) is 2.21. The summed E-state index contributed by atoms with van der Waals surface area (Å²) in [6, 6.07) is 1.87. The van der Waals surface area contributed by atoms with Crippen molar-refractivity contribution >= 4 is 22.6 Å². The lowest BCUT2D eigenvalue weighted by Gasteiger charge is -2.22. The lowest BCUT2D eigenvalue weighted by molar-refractivity contribution is -0.0370. The van der Waals surface area contributed by atoms with Gasteiger partial charge in [-0.2, -0.15) is 5.10 Å². The number of hydrogen-bond acceptors (Lipinski definition) is 3. The third-order valence-corrected chi connectivity index (χ3v) is 3.04. The number of ether oxygens (including phenoxy) is 1. The van der Waals surface area contributed by atoms with E-state index < -0.39 is 0 Å². The Kier molecular flexibility index (Phi) is 2.53. The topological polar surface area (TPSA) is 39.9 Å².